The smallest absolute Gasteiger partial charge is 0.263 e. The number of aliphatic hydroxyl groups is 1. The molecule has 0 heterocycles. The van der Waals surface area contributed by atoms with Gasteiger partial charge in [0.25, 0.3) is 5.76 Å². The monoisotopic (exact) mass is 265 g/mol. The summed E-state index contributed by atoms with van der Waals surface area (Å²) in [5, 5.41) is 10.4. The van der Waals surface area contributed by atoms with E-state index in [4.69, 9.17) is 0 Å². The van der Waals surface area contributed by atoms with Crippen molar-refractivity contribution in [3.8, 4) is 0 Å². The SMILES string of the molecule is Cc1ccc(C(O)=[C+]c2c(C)cc(C)cc2C)c(C)c1. The summed E-state index contributed by atoms with van der Waals surface area (Å²) in [5.41, 5.74) is 7.59. The van der Waals surface area contributed by atoms with Crippen LogP contribution in [0.3, 0.4) is 0 Å². The van der Waals surface area contributed by atoms with Crippen LogP contribution in [-0.2, 0) is 0 Å². The predicted octanol–water partition coefficient (Wildman–Crippen LogP) is 4.98. The summed E-state index contributed by atoms with van der Waals surface area (Å²) in [5.74, 6) is 0.206. The minimum atomic E-state index is 0.206. The Morgan fingerprint density at radius 3 is 1.90 bits per heavy atom. The van der Waals surface area contributed by atoms with Gasteiger partial charge < -0.3 is 5.11 Å². The van der Waals surface area contributed by atoms with Crippen LogP contribution in [0.25, 0.3) is 5.76 Å². The summed E-state index contributed by atoms with van der Waals surface area (Å²) < 4.78 is 0. The molecule has 2 rings (SSSR count). The zero-order valence-electron chi connectivity index (χ0n) is 12.8. The first-order chi connectivity index (χ1) is 9.38. The molecule has 2 aromatic carbocycles. The van der Waals surface area contributed by atoms with Gasteiger partial charge in [0, 0.05) is 16.7 Å². The van der Waals surface area contributed by atoms with E-state index in [1.165, 1.54) is 11.1 Å². The summed E-state index contributed by atoms with van der Waals surface area (Å²) in [4.78, 5) is 0. The molecule has 0 aliphatic rings. The standard InChI is InChI=1S/C19H20O/c1-12-6-7-17(14(3)8-12)19(20)11-18-15(4)9-13(2)10-16(18)5/h6-10H,1-5H3/p+1. The summed E-state index contributed by atoms with van der Waals surface area (Å²) >= 11 is 0. The second kappa shape index (κ2) is 5.48. The molecule has 0 aliphatic heterocycles. The molecule has 0 fully saturated rings. The van der Waals surface area contributed by atoms with E-state index in [0.717, 1.165) is 27.8 Å². The Kier molecular flexibility index (Phi) is 3.92. The van der Waals surface area contributed by atoms with Gasteiger partial charge in [-0.25, -0.2) is 0 Å². The van der Waals surface area contributed by atoms with Crippen molar-refractivity contribution in [1.82, 2.24) is 0 Å². The molecule has 0 atom stereocenters. The van der Waals surface area contributed by atoms with Crippen LogP contribution < -0.4 is 0 Å². The van der Waals surface area contributed by atoms with Crippen molar-refractivity contribution in [2.75, 3.05) is 0 Å². The number of benzene rings is 2. The quantitative estimate of drug-likeness (QED) is 0.461. The molecule has 0 aromatic heterocycles. The maximum atomic E-state index is 10.4. The summed E-state index contributed by atoms with van der Waals surface area (Å²) in [7, 11) is 0. The lowest BCUT2D eigenvalue weighted by Gasteiger charge is -2.03. The topological polar surface area (TPSA) is 20.2 Å². The largest absolute Gasteiger partial charge is 0.486 e. The molecule has 0 unspecified atom stereocenters. The lowest BCUT2D eigenvalue weighted by Crippen LogP contribution is -1.94. The lowest BCUT2D eigenvalue weighted by atomic mass is 9.97. The van der Waals surface area contributed by atoms with Crippen LogP contribution in [0.2, 0.25) is 0 Å². The first kappa shape index (κ1) is 14.3. The van der Waals surface area contributed by atoms with Gasteiger partial charge in [0.05, 0.1) is 11.6 Å². The van der Waals surface area contributed by atoms with Gasteiger partial charge in [0.15, 0.2) is 5.56 Å². The third kappa shape index (κ3) is 2.89. The maximum absolute atomic E-state index is 10.4. The number of rotatable bonds is 2. The Labute approximate surface area is 121 Å². The van der Waals surface area contributed by atoms with Crippen LogP contribution in [0.1, 0.15) is 38.9 Å². The fourth-order valence-corrected chi connectivity index (χ4v) is 2.64. The second-order valence-electron chi connectivity index (χ2n) is 5.57. The highest BCUT2D eigenvalue weighted by Gasteiger charge is 2.15. The van der Waals surface area contributed by atoms with E-state index in [9.17, 15) is 5.11 Å². The highest BCUT2D eigenvalue weighted by molar-refractivity contribution is 5.64. The van der Waals surface area contributed by atoms with Crippen molar-refractivity contribution in [2.24, 2.45) is 0 Å². The highest BCUT2D eigenvalue weighted by Crippen LogP contribution is 2.22. The van der Waals surface area contributed by atoms with Crippen LogP contribution in [0.5, 0.6) is 0 Å². The van der Waals surface area contributed by atoms with E-state index >= 15 is 0 Å². The van der Waals surface area contributed by atoms with Crippen molar-refractivity contribution < 1.29 is 5.11 Å². The first-order valence-electron chi connectivity index (χ1n) is 6.87. The summed E-state index contributed by atoms with van der Waals surface area (Å²) in [6.07, 6.45) is 3.15. The molecule has 0 spiro atoms. The zero-order valence-corrected chi connectivity index (χ0v) is 12.8. The normalized spacial score (nSPS) is 11.3. The molecule has 1 nitrogen and oxygen atoms in total. The molecule has 0 saturated carbocycles. The van der Waals surface area contributed by atoms with Gasteiger partial charge in [0.2, 0.25) is 0 Å². The van der Waals surface area contributed by atoms with Crippen LogP contribution in [0.15, 0.2) is 30.3 Å². The molecule has 1 heteroatoms. The van der Waals surface area contributed by atoms with Crippen molar-refractivity contribution >= 4 is 5.76 Å². The molecular weight excluding hydrogens is 244 g/mol. The Balaban J connectivity index is 2.50. The maximum Gasteiger partial charge on any atom is 0.263 e. The molecule has 1 N–H and O–H groups in total. The van der Waals surface area contributed by atoms with Gasteiger partial charge in [-0.2, -0.15) is 0 Å². The molecule has 2 aromatic rings. The van der Waals surface area contributed by atoms with E-state index in [0.29, 0.717) is 0 Å². The molecule has 0 aliphatic carbocycles. The number of hydrogen-bond acceptors (Lipinski definition) is 1. The Morgan fingerprint density at radius 2 is 1.35 bits per heavy atom. The van der Waals surface area contributed by atoms with Crippen molar-refractivity contribution in [2.45, 2.75) is 34.6 Å². The Bertz CT molecular complexity index is 655. The van der Waals surface area contributed by atoms with E-state index in [1.54, 1.807) is 0 Å². The average molecular weight is 265 g/mol. The fourth-order valence-electron chi connectivity index (χ4n) is 2.64. The van der Waals surface area contributed by atoms with E-state index in [1.807, 2.05) is 19.1 Å². The minimum Gasteiger partial charge on any atom is -0.486 e. The van der Waals surface area contributed by atoms with Crippen molar-refractivity contribution in [1.29, 1.82) is 0 Å². The molecule has 0 radical (unpaired) electrons. The zero-order chi connectivity index (χ0) is 14.9. The molecule has 102 valence electrons. The third-order valence-corrected chi connectivity index (χ3v) is 3.56. The van der Waals surface area contributed by atoms with Crippen LogP contribution in [0.4, 0.5) is 0 Å². The highest BCUT2D eigenvalue weighted by atomic mass is 16.3. The third-order valence-electron chi connectivity index (χ3n) is 3.56. The van der Waals surface area contributed by atoms with Crippen molar-refractivity contribution in [3.05, 3.63) is 75.4 Å². The fraction of sp³-hybridized carbons (Fsp3) is 0.263. The lowest BCUT2D eigenvalue weighted by molar-refractivity contribution is 0.509. The van der Waals surface area contributed by atoms with Crippen LogP contribution in [0, 0.1) is 40.7 Å². The van der Waals surface area contributed by atoms with Gasteiger partial charge in [-0.1, -0.05) is 0 Å². The van der Waals surface area contributed by atoms with E-state index in [2.05, 4.69) is 52.0 Å². The molecule has 0 amide bonds. The second-order valence-corrected chi connectivity index (χ2v) is 5.57. The van der Waals surface area contributed by atoms with Crippen molar-refractivity contribution in [3.63, 3.8) is 0 Å². The van der Waals surface area contributed by atoms with Gasteiger partial charge in [0.1, 0.15) is 0 Å². The average Bonchev–Trinajstić information content (AvgIpc) is 2.33. The van der Waals surface area contributed by atoms with Crippen LogP contribution >= 0.6 is 0 Å². The number of hydrogen-bond donors (Lipinski definition) is 1. The van der Waals surface area contributed by atoms with E-state index < -0.39 is 0 Å². The first-order valence-corrected chi connectivity index (χ1v) is 6.87. The molecule has 0 bridgehead atoms. The number of aliphatic hydroxyl groups excluding tert-OH is 1. The molecule has 20 heavy (non-hydrogen) atoms. The minimum absolute atomic E-state index is 0.206. The van der Waals surface area contributed by atoms with Gasteiger partial charge in [-0.05, 0) is 76.1 Å². The van der Waals surface area contributed by atoms with Gasteiger partial charge >= 0.3 is 0 Å². The van der Waals surface area contributed by atoms with Gasteiger partial charge in [-0.3, -0.25) is 0 Å². The summed E-state index contributed by atoms with van der Waals surface area (Å²) in [6, 6.07) is 10.3. The van der Waals surface area contributed by atoms with E-state index in [-0.39, 0.29) is 5.76 Å². The van der Waals surface area contributed by atoms with Gasteiger partial charge in [-0.15, -0.1) is 0 Å². The number of aryl methyl sites for hydroxylation is 5. The summed E-state index contributed by atoms with van der Waals surface area (Å²) in [6.45, 7) is 10.2. The predicted molar refractivity (Wildman–Crippen MR) is 84.9 cm³/mol. The Hall–Kier alpha value is -2.11. The van der Waals surface area contributed by atoms with Crippen LogP contribution in [-0.4, -0.2) is 5.11 Å². The molecular formula is C19H21O+. The Morgan fingerprint density at radius 1 is 0.800 bits per heavy atom. The molecule has 0 saturated heterocycles.